The molecule has 0 aliphatic carbocycles. The summed E-state index contributed by atoms with van der Waals surface area (Å²) in [6.45, 7) is 0.425. The number of hydrogen-bond donors (Lipinski definition) is 1. The maximum atomic E-state index is 11.7. The number of benzene rings is 1. The van der Waals surface area contributed by atoms with E-state index in [2.05, 4.69) is 10.3 Å². The second-order valence-electron chi connectivity index (χ2n) is 6.72. The first-order chi connectivity index (χ1) is 14.7. The molecule has 30 heavy (non-hydrogen) atoms. The zero-order valence-electron chi connectivity index (χ0n) is 16.4. The van der Waals surface area contributed by atoms with E-state index >= 15 is 0 Å². The number of nitrogens with zero attached hydrogens (tertiary/aromatic N) is 2. The van der Waals surface area contributed by atoms with Crippen LogP contribution in [0.15, 0.2) is 81.3 Å². The molecule has 4 rings (SSSR count). The van der Waals surface area contributed by atoms with E-state index < -0.39 is 0 Å². The van der Waals surface area contributed by atoms with Crippen molar-refractivity contribution in [3.05, 3.63) is 78.3 Å². The number of nitrogens with one attached hydrogen (secondary N) is 1. The Morgan fingerprint density at radius 1 is 1.20 bits per heavy atom. The van der Waals surface area contributed by atoms with Crippen LogP contribution >= 0.6 is 24.0 Å². The molecule has 8 heteroatoms. The van der Waals surface area contributed by atoms with Gasteiger partial charge in [-0.15, -0.1) is 0 Å². The minimum Gasteiger partial charge on any atom is -0.469 e. The molecule has 1 aliphatic rings. The van der Waals surface area contributed by atoms with Crippen LogP contribution in [0, 0.1) is 0 Å². The van der Waals surface area contributed by atoms with E-state index in [1.54, 1.807) is 18.0 Å². The lowest BCUT2D eigenvalue weighted by Crippen LogP contribution is -2.31. The van der Waals surface area contributed by atoms with Crippen molar-refractivity contribution < 1.29 is 13.9 Å². The Morgan fingerprint density at radius 3 is 2.73 bits per heavy atom. The Morgan fingerprint density at radius 2 is 2.00 bits per heavy atom. The van der Waals surface area contributed by atoms with E-state index in [0.29, 0.717) is 11.7 Å². The molecule has 1 aliphatic heterocycles. The summed E-state index contributed by atoms with van der Waals surface area (Å²) in [5, 5.41) is 4.70. The molecule has 1 aromatic carbocycles. The summed E-state index contributed by atoms with van der Waals surface area (Å²) in [5.41, 5.74) is 0.860. The van der Waals surface area contributed by atoms with Gasteiger partial charge in [0.2, 0.25) is 0 Å². The van der Waals surface area contributed by atoms with Crippen LogP contribution in [0.4, 0.5) is 0 Å². The van der Waals surface area contributed by atoms with E-state index in [9.17, 15) is 4.79 Å². The molecule has 1 fully saturated rings. The van der Waals surface area contributed by atoms with Gasteiger partial charge in [0.15, 0.2) is 10.2 Å². The Hall–Kier alpha value is -2.84. The van der Waals surface area contributed by atoms with E-state index in [0.717, 1.165) is 21.4 Å². The first-order valence-electron chi connectivity index (χ1n) is 9.53. The summed E-state index contributed by atoms with van der Waals surface area (Å²) in [7, 11) is 1.39. The second-order valence-corrected chi connectivity index (χ2v) is 8.18. The minimum atomic E-state index is -0.280. The average molecular weight is 440 g/mol. The summed E-state index contributed by atoms with van der Waals surface area (Å²) in [6.07, 6.45) is 1.99. The Bertz CT molecular complexity index is 1010. The quantitative estimate of drug-likeness (QED) is 0.430. The molecule has 2 aromatic heterocycles. The van der Waals surface area contributed by atoms with E-state index in [1.165, 1.54) is 7.11 Å². The number of pyridine rings is 1. The van der Waals surface area contributed by atoms with Crippen molar-refractivity contribution >= 4 is 35.1 Å². The highest BCUT2D eigenvalue weighted by molar-refractivity contribution is 7.99. The smallest absolute Gasteiger partial charge is 0.307 e. The SMILES string of the molecule is COC(=O)CCN1C(=S)N[C@H](c2ccccn2)[C@H]1c1ccc(Sc2ccccc2)o1. The monoisotopic (exact) mass is 439 g/mol. The lowest BCUT2D eigenvalue weighted by Gasteiger charge is -2.25. The molecule has 0 unspecified atom stereocenters. The van der Waals surface area contributed by atoms with Gasteiger partial charge in [0.05, 0.1) is 25.3 Å². The summed E-state index contributed by atoms with van der Waals surface area (Å²) in [5.74, 6) is 0.485. The number of carbonyl (C=O) groups excluding carboxylic acids is 1. The molecule has 0 spiro atoms. The fraction of sp³-hybridized carbons (Fsp3) is 0.227. The van der Waals surface area contributed by atoms with Crippen LogP contribution in [0.5, 0.6) is 0 Å². The molecule has 2 atom stereocenters. The Labute approximate surface area is 184 Å². The van der Waals surface area contributed by atoms with Crippen LogP contribution in [-0.4, -0.2) is 34.6 Å². The third kappa shape index (κ3) is 4.49. The van der Waals surface area contributed by atoms with Crippen LogP contribution < -0.4 is 5.32 Å². The van der Waals surface area contributed by atoms with Gasteiger partial charge in [-0.3, -0.25) is 9.78 Å². The number of rotatable bonds is 7. The molecule has 1 saturated heterocycles. The number of thiocarbonyl (C=S) groups is 1. The van der Waals surface area contributed by atoms with Crippen LogP contribution in [0.25, 0.3) is 0 Å². The van der Waals surface area contributed by atoms with Gasteiger partial charge in [-0.25, -0.2) is 0 Å². The van der Waals surface area contributed by atoms with E-state index in [-0.39, 0.29) is 24.5 Å². The maximum Gasteiger partial charge on any atom is 0.307 e. The van der Waals surface area contributed by atoms with Gasteiger partial charge in [0.1, 0.15) is 11.8 Å². The largest absolute Gasteiger partial charge is 0.469 e. The fourth-order valence-electron chi connectivity index (χ4n) is 3.42. The van der Waals surface area contributed by atoms with Gasteiger partial charge in [0.25, 0.3) is 0 Å². The minimum absolute atomic E-state index is 0.183. The standard InChI is InChI=1S/C22H21N3O3S2/c1-27-18(26)12-14-25-21(20(24-22(25)29)16-9-5-6-13-23-16)17-10-11-19(28-17)30-15-7-3-2-4-8-15/h2-11,13,20-21H,12,14H2,1H3,(H,24,29)/t20-,21-/m1/s1. The van der Waals surface area contributed by atoms with Gasteiger partial charge < -0.3 is 19.4 Å². The van der Waals surface area contributed by atoms with Crippen molar-refractivity contribution in [1.82, 2.24) is 15.2 Å². The van der Waals surface area contributed by atoms with Crippen molar-refractivity contribution in [1.29, 1.82) is 0 Å². The number of carbonyl (C=O) groups is 1. The molecule has 0 bridgehead atoms. The Kier molecular flexibility index (Phi) is 6.35. The van der Waals surface area contributed by atoms with Gasteiger partial charge in [0, 0.05) is 17.6 Å². The Balaban J connectivity index is 1.62. The first-order valence-corrected chi connectivity index (χ1v) is 10.8. The molecular weight excluding hydrogens is 418 g/mol. The maximum absolute atomic E-state index is 11.7. The van der Waals surface area contributed by atoms with Gasteiger partial charge in [-0.05, 0) is 48.6 Å². The van der Waals surface area contributed by atoms with Gasteiger partial charge in [-0.2, -0.15) is 0 Å². The summed E-state index contributed by atoms with van der Waals surface area (Å²) in [6, 6.07) is 19.4. The molecule has 6 nitrogen and oxygen atoms in total. The van der Waals surface area contributed by atoms with Crippen LogP contribution in [0.2, 0.25) is 0 Å². The molecule has 0 saturated carbocycles. The third-order valence-corrected chi connectivity index (χ3v) is 6.12. The fourth-order valence-corrected chi connectivity index (χ4v) is 4.55. The molecule has 0 amide bonds. The highest BCUT2D eigenvalue weighted by Gasteiger charge is 2.41. The van der Waals surface area contributed by atoms with Crippen LogP contribution in [0.1, 0.15) is 30.0 Å². The number of hydrogen-bond acceptors (Lipinski definition) is 6. The van der Waals surface area contributed by atoms with Gasteiger partial charge in [-0.1, -0.05) is 36.0 Å². The highest BCUT2D eigenvalue weighted by atomic mass is 32.2. The third-order valence-electron chi connectivity index (χ3n) is 4.84. The van der Waals surface area contributed by atoms with E-state index in [1.807, 2.05) is 65.6 Å². The van der Waals surface area contributed by atoms with Crippen LogP contribution in [-0.2, 0) is 9.53 Å². The van der Waals surface area contributed by atoms with E-state index in [4.69, 9.17) is 21.4 Å². The number of furan rings is 1. The van der Waals surface area contributed by atoms with Gasteiger partial charge >= 0.3 is 5.97 Å². The predicted molar refractivity (Wildman–Crippen MR) is 118 cm³/mol. The van der Waals surface area contributed by atoms with Crippen molar-refractivity contribution in [3.63, 3.8) is 0 Å². The van der Waals surface area contributed by atoms with Crippen molar-refractivity contribution in [2.45, 2.75) is 28.5 Å². The first kappa shape index (κ1) is 20.4. The normalized spacial score (nSPS) is 18.3. The van der Waals surface area contributed by atoms with Crippen molar-refractivity contribution in [2.24, 2.45) is 0 Å². The molecule has 154 valence electrons. The molecule has 3 aromatic rings. The highest BCUT2D eigenvalue weighted by Crippen LogP contribution is 2.41. The predicted octanol–water partition coefficient (Wildman–Crippen LogP) is 4.36. The second kappa shape index (κ2) is 9.32. The molecule has 0 radical (unpaired) electrons. The zero-order valence-corrected chi connectivity index (χ0v) is 18.0. The molecule has 3 heterocycles. The average Bonchev–Trinajstić information content (AvgIpc) is 3.37. The van der Waals surface area contributed by atoms with Crippen molar-refractivity contribution in [2.75, 3.05) is 13.7 Å². The number of methoxy groups -OCH3 is 1. The summed E-state index contributed by atoms with van der Waals surface area (Å²) in [4.78, 5) is 19.3. The molecule has 1 N–H and O–H groups in total. The summed E-state index contributed by atoms with van der Waals surface area (Å²) >= 11 is 7.14. The topological polar surface area (TPSA) is 67.6 Å². The van der Waals surface area contributed by atoms with Crippen molar-refractivity contribution in [3.8, 4) is 0 Å². The molecular formula is C22H21N3O3S2. The summed E-state index contributed by atoms with van der Waals surface area (Å²) < 4.78 is 11.0. The zero-order chi connectivity index (χ0) is 20.9. The number of aromatic nitrogens is 1. The number of ether oxygens (including phenoxy) is 1. The lowest BCUT2D eigenvalue weighted by atomic mass is 10.0. The lowest BCUT2D eigenvalue weighted by molar-refractivity contribution is -0.140. The number of esters is 1. The van der Waals surface area contributed by atoms with Crippen LogP contribution in [0.3, 0.4) is 0 Å².